The molecule has 0 spiro atoms. The van der Waals surface area contributed by atoms with Crippen molar-refractivity contribution in [3.05, 3.63) is 34.6 Å². The highest BCUT2D eigenvalue weighted by molar-refractivity contribution is 6.30. The summed E-state index contributed by atoms with van der Waals surface area (Å²) in [6.07, 6.45) is 0.623. The quantitative estimate of drug-likeness (QED) is 0.919. The molecule has 0 amide bonds. The van der Waals surface area contributed by atoms with Crippen molar-refractivity contribution in [2.24, 2.45) is 5.41 Å². The van der Waals surface area contributed by atoms with E-state index in [0.29, 0.717) is 26.1 Å². The summed E-state index contributed by atoms with van der Waals surface area (Å²) in [6.45, 7) is 3.51. The summed E-state index contributed by atoms with van der Waals surface area (Å²) in [5, 5.41) is 9.24. The molecule has 1 heterocycles. The molecule has 1 fully saturated rings. The van der Waals surface area contributed by atoms with Gasteiger partial charge in [0.05, 0.1) is 10.4 Å². The predicted octanol–water partition coefficient (Wildman–Crippen LogP) is 2.78. The van der Waals surface area contributed by atoms with E-state index in [-0.39, 0.29) is 5.02 Å². The second-order valence-corrected chi connectivity index (χ2v) is 5.48. The van der Waals surface area contributed by atoms with Crippen molar-refractivity contribution in [3.8, 4) is 0 Å². The van der Waals surface area contributed by atoms with Crippen molar-refractivity contribution in [1.82, 2.24) is 4.90 Å². The number of nitrogens with zero attached hydrogens (tertiary/aromatic N) is 1. The Kier molecular flexibility index (Phi) is 3.59. The number of carboxylic acids is 1. The summed E-state index contributed by atoms with van der Waals surface area (Å²) in [4.78, 5) is 13.1. The summed E-state index contributed by atoms with van der Waals surface area (Å²) in [7, 11) is 0. The third-order valence-corrected chi connectivity index (χ3v) is 3.77. The van der Waals surface area contributed by atoms with E-state index in [1.807, 2.05) is 4.90 Å². The number of benzene rings is 1. The molecule has 98 valence electrons. The Labute approximate surface area is 110 Å². The van der Waals surface area contributed by atoms with E-state index < -0.39 is 17.2 Å². The van der Waals surface area contributed by atoms with Crippen LogP contribution in [-0.2, 0) is 11.3 Å². The third-order valence-electron chi connectivity index (χ3n) is 3.46. The topological polar surface area (TPSA) is 40.5 Å². The highest BCUT2D eigenvalue weighted by Crippen LogP contribution is 2.31. The number of hydrogen-bond acceptors (Lipinski definition) is 2. The molecule has 0 aliphatic carbocycles. The van der Waals surface area contributed by atoms with Crippen LogP contribution in [0.3, 0.4) is 0 Å². The summed E-state index contributed by atoms with van der Waals surface area (Å²) in [6, 6.07) is 4.69. The number of carbonyl (C=O) groups is 1. The molecule has 18 heavy (non-hydrogen) atoms. The van der Waals surface area contributed by atoms with E-state index in [2.05, 4.69) is 0 Å². The third kappa shape index (κ3) is 2.65. The molecular formula is C13H15ClFNO2. The van der Waals surface area contributed by atoms with Gasteiger partial charge in [-0.05, 0) is 37.6 Å². The Morgan fingerprint density at radius 3 is 2.89 bits per heavy atom. The summed E-state index contributed by atoms with van der Waals surface area (Å²) < 4.78 is 13.3. The highest BCUT2D eigenvalue weighted by atomic mass is 35.5. The molecule has 1 atom stereocenters. The van der Waals surface area contributed by atoms with Gasteiger partial charge in [0.25, 0.3) is 0 Å². The van der Waals surface area contributed by atoms with Crippen LogP contribution in [0.2, 0.25) is 5.02 Å². The molecule has 1 N–H and O–H groups in total. The van der Waals surface area contributed by atoms with Gasteiger partial charge in [-0.25, -0.2) is 4.39 Å². The fourth-order valence-corrected chi connectivity index (χ4v) is 2.38. The van der Waals surface area contributed by atoms with Gasteiger partial charge in [0.2, 0.25) is 0 Å². The molecule has 0 saturated carbocycles. The molecule has 0 radical (unpaired) electrons. The maximum atomic E-state index is 13.3. The van der Waals surface area contributed by atoms with Crippen molar-refractivity contribution >= 4 is 17.6 Å². The van der Waals surface area contributed by atoms with Crippen LogP contribution < -0.4 is 0 Å². The molecule has 3 nitrogen and oxygen atoms in total. The SMILES string of the molecule is CC1(C(=O)O)CCN(Cc2ccc(Cl)c(F)c2)C1. The van der Waals surface area contributed by atoms with E-state index in [0.717, 1.165) is 5.56 Å². The lowest BCUT2D eigenvalue weighted by atomic mass is 9.90. The second-order valence-electron chi connectivity index (χ2n) is 5.07. The van der Waals surface area contributed by atoms with Crippen molar-refractivity contribution in [3.63, 3.8) is 0 Å². The number of halogens is 2. The van der Waals surface area contributed by atoms with Crippen LogP contribution in [0.15, 0.2) is 18.2 Å². The highest BCUT2D eigenvalue weighted by Gasteiger charge is 2.40. The first-order valence-electron chi connectivity index (χ1n) is 5.80. The van der Waals surface area contributed by atoms with Crippen LogP contribution in [0.5, 0.6) is 0 Å². The van der Waals surface area contributed by atoms with Gasteiger partial charge < -0.3 is 5.11 Å². The molecule has 1 unspecified atom stereocenters. The Balaban J connectivity index is 2.03. The van der Waals surface area contributed by atoms with Crippen molar-refractivity contribution in [1.29, 1.82) is 0 Å². The minimum Gasteiger partial charge on any atom is -0.481 e. The summed E-state index contributed by atoms with van der Waals surface area (Å²) >= 11 is 5.62. The van der Waals surface area contributed by atoms with E-state index >= 15 is 0 Å². The fourth-order valence-electron chi connectivity index (χ4n) is 2.26. The monoisotopic (exact) mass is 271 g/mol. The van der Waals surface area contributed by atoms with Gasteiger partial charge in [-0.3, -0.25) is 9.69 Å². The number of carboxylic acid groups (broad SMARTS) is 1. The van der Waals surface area contributed by atoms with E-state index in [1.54, 1.807) is 13.0 Å². The van der Waals surface area contributed by atoms with Crippen molar-refractivity contribution < 1.29 is 14.3 Å². The molecule has 5 heteroatoms. The summed E-state index contributed by atoms with van der Waals surface area (Å²) in [5.41, 5.74) is 0.122. The minimum atomic E-state index is -0.771. The average Bonchev–Trinajstić information content (AvgIpc) is 2.67. The summed E-state index contributed by atoms with van der Waals surface area (Å²) in [5.74, 6) is -1.21. The smallest absolute Gasteiger partial charge is 0.310 e. The van der Waals surface area contributed by atoms with Crippen LogP contribution in [0.4, 0.5) is 4.39 Å². The standard InChI is InChI=1S/C13H15ClFNO2/c1-13(12(17)18)4-5-16(8-13)7-9-2-3-10(14)11(15)6-9/h2-3,6H,4-5,7-8H2,1H3,(H,17,18). The zero-order chi connectivity index (χ0) is 13.3. The van der Waals surface area contributed by atoms with Gasteiger partial charge in [-0.15, -0.1) is 0 Å². The van der Waals surface area contributed by atoms with Crippen LogP contribution in [0.25, 0.3) is 0 Å². The number of hydrogen-bond donors (Lipinski definition) is 1. The number of rotatable bonds is 3. The Morgan fingerprint density at radius 2 is 2.33 bits per heavy atom. The van der Waals surface area contributed by atoms with E-state index in [9.17, 15) is 9.18 Å². The van der Waals surface area contributed by atoms with Crippen LogP contribution in [-0.4, -0.2) is 29.1 Å². The van der Waals surface area contributed by atoms with Gasteiger partial charge in [0.15, 0.2) is 0 Å². The Hall–Kier alpha value is -1.13. The number of aliphatic carboxylic acids is 1. The maximum Gasteiger partial charge on any atom is 0.310 e. The predicted molar refractivity (Wildman–Crippen MR) is 67.0 cm³/mol. The lowest BCUT2D eigenvalue weighted by Gasteiger charge is -2.20. The minimum absolute atomic E-state index is 0.107. The molecule has 2 rings (SSSR count). The molecule has 1 aliphatic rings. The first-order valence-corrected chi connectivity index (χ1v) is 6.18. The largest absolute Gasteiger partial charge is 0.481 e. The number of likely N-dealkylation sites (tertiary alicyclic amines) is 1. The van der Waals surface area contributed by atoms with Crippen LogP contribution in [0.1, 0.15) is 18.9 Å². The molecular weight excluding hydrogens is 257 g/mol. The first kappa shape index (κ1) is 13.3. The zero-order valence-corrected chi connectivity index (χ0v) is 10.9. The molecule has 0 bridgehead atoms. The van der Waals surface area contributed by atoms with Crippen LogP contribution >= 0.6 is 11.6 Å². The van der Waals surface area contributed by atoms with Gasteiger partial charge >= 0.3 is 5.97 Å². The zero-order valence-electron chi connectivity index (χ0n) is 10.1. The lowest BCUT2D eigenvalue weighted by molar-refractivity contribution is -0.147. The normalized spacial score (nSPS) is 24.4. The lowest BCUT2D eigenvalue weighted by Crippen LogP contribution is -2.31. The molecule has 1 aliphatic heterocycles. The molecule has 1 aromatic carbocycles. The Morgan fingerprint density at radius 1 is 1.61 bits per heavy atom. The van der Waals surface area contributed by atoms with E-state index in [1.165, 1.54) is 12.1 Å². The average molecular weight is 272 g/mol. The second kappa shape index (κ2) is 4.86. The first-order chi connectivity index (χ1) is 8.40. The van der Waals surface area contributed by atoms with Gasteiger partial charge in [0.1, 0.15) is 5.82 Å². The molecule has 0 aromatic heterocycles. The fraction of sp³-hybridized carbons (Fsp3) is 0.462. The van der Waals surface area contributed by atoms with Crippen molar-refractivity contribution in [2.45, 2.75) is 19.9 Å². The molecule has 1 aromatic rings. The maximum absolute atomic E-state index is 13.3. The van der Waals surface area contributed by atoms with Gasteiger partial charge in [-0.1, -0.05) is 17.7 Å². The molecule has 1 saturated heterocycles. The Bertz CT molecular complexity index is 480. The van der Waals surface area contributed by atoms with Crippen molar-refractivity contribution in [2.75, 3.05) is 13.1 Å². The van der Waals surface area contributed by atoms with Crippen LogP contribution in [0, 0.1) is 11.2 Å². The van der Waals surface area contributed by atoms with E-state index in [4.69, 9.17) is 16.7 Å². The van der Waals surface area contributed by atoms with Gasteiger partial charge in [-0.2, -0.15) is 0 Å². The van der Waals surface area contributed by atoms with Gasteiger partial charge in [0, 0.05) is 13.1 Å².